The lowest BCUT2D eigenvalue weighted by Gasteiger charge is -2.32. The van der Waals surface area contributed by atoms with Crippen LogP contribution in [-0.4, -0.2) is 53.4 Å². The molecule has 0 radical (unpaired) electrons. The molecule has 1 aromatic carbocycles. The molecule has 2 atom stereocenters. The molecule has 9 heteroatoms. The van der Waals surface area contributed by atoms with E-state index in [-0.39, 0.29) is 24.8 Å². The molecule has 0 bridgehead atoms. The highest BCUT2D eigenvalue weighted by Crippen LogP contribution is 2.25. The molecule has 4 N–H and O–H groups in total. The van der Waals surface area contributed by atoms with Gasteiger partial charge in [-0.05, 0) is 59.1 Å². The minimum Gasteiger partial charge on any atom is -0.444 e. The number of aryl methyl sites for hydroxylation is 1. The minimum atomic E-state index is -1.10. The molecule has 0 spiro atoms. The average Bonchev–Trinajstić information content (AvgIpc) is 2.64. The molecule has 32 heavy (non-hydrogen) atoms. The van der Waals surface area contributed by atoms with Crippen LogP contribution in [0.25, 0.3) is 0 Å². The van der Waals surface area contributed by atoms with E-state index in [2.05, 4.69) is 10.6 Å². The van der Waals surface area contributed by atoms with Crippen molar-refractivity contribution in [1.29, 1.82) is 0 Å². The maximum atomic E-state index is 13.4. The van der Waals surface area contributed by atoms with Crippen LogP contribution in [-0.2, 0) is 19.1 Å². The number of benzene rings is 1. The van der Waals surface area contributed by atoms with Crippen molar-refractivity contribution in [3.8, 4) is 0 Å². The molecule has 0 saturated heterocycles. The van der Waals surface area contributed by atoms with Crippen molar-refractivity contribution >= 4 is 23.8 Å². The lowest BCUT2D eigenvalue weighted by molar-refractivity contribution is -0.141. The molecule has 0 heterocycles. The van der Waals surface area contributed by atoms with Gasteiger partial charge in [0.25, 0.3) is 0 Å². The molecule has 0 saturated carbocycles. The Morgan fingerprint density at radius 1 is 1.09 bits per heavy atom. The van der Waals surface area contributed by atoms with Crippen LogP contribution in [0.1, 0.15) is 64.6 Å². The summed E-state index contributed by atoms with van der Waals surface area (Å²) in [6, 6.07) is 5.11. The Hall–Kier alpha value is -3.10. The summed E-state index contributed by atoms with van der Waals surface area (Å²) in [4.78, 5) is 51.4. The Balaban J connectivity index is 3.26. The minimum absolute atomic E-state index is 0.0238. The molecule has 0 aliphatic heterocycles. The standard InChI is InChI=1S/C23H36N4O5/c1-14(2)25-20(29)19(16-11-9-8-10-15(16)3)27(7)21(30)17(12-13-18(24)28)26-22(31)32-23(4,5)6/h8-11,14,17,19H,12-13H2,1-7H3,(H2,24,28)(H,25,29)(H,26,31). The zero-order valence-corrected chi connectivity index (χ0v) is 20.0. The lowest BCUT2D eigenvalue weighted by atomic mass is 9.98. The number of likely N-dealkylation sites (N-methyl/N-ethyl adjacent to an activating group) is 1. The molecule has 1 rings (SSSR count). The maximum absolute atomic E-state index is 13.4. The van der Waals surface area contributed by atoms with Crippen molar-refractivity contribution < 1.29 is 23.9 Å². The molecular weight excluding hydrogens is 412 g/mol. The van der Waals surface area contributed by atoms with E-state index in [4.69, 9.17) is 10.5 Å². The van der Waals surface area contributed by atoms with E-state index in [1.165, 1.54) is 11.9 Å². The number of primary amides is 1. The third kappa shape index (κ3) is 8.56. The van der Waals surface area contributed by atoms with Crippen molar-refractivity contribution in [1.82, 2.24) is 15.5 Å². The Morgan fingerprint density at radius 2 is 1.69 bits per heavy atom. The van der Waals surface area contributed by atoms with Crippen LogP contribution in [0, 0.1) is 6.92 Å². The van der Waals surface area contributed by atoms with E-state index in [9.17, 15) is 19.2 Å². The summed E-state index contributed by atoms with van der Waals surface area (Å²) >= 11 is 0. The van der Waals surface area contributed by atoms with Gasteiger partial charge in [-0.2, -0.15) is 0 Å². The number of amides is 4. The number of carbonyl (C=O) groups excluding carboxylic acids is 4. The van der Waals surface area contributed by atoms with Gasteiger partial charge < -0.3 is 26.0 Å². The van der Waals surface area contributed by atoms with Gasteiger partial charge in [0, 0.05) is 19.5 Å². The number of rotatable bonds is 9. The van der Waals surface area contributed by atoms with Crippen molar-refractivity contribution in [2.75, 3.05) is 7.05 Å². The summed E-state index contributed by atoms with van der Waals surface area (Å²) < 4.78 is 5.25. The van der Waals surface area contributed by atoms with Gasteiger partial charge in [0.05, 0.1) is 0 Å². The smallest absolute Gasteiger partial charge is 0.408 e. The number of nitrogens with two attached hydrogens (primary N) is 1. The first-order valence-electron chi connectivity index (χ1n) is 10.6. The van der Waals surface area contributed by atoms with Crippen LogP contribution in [0.4, 0.5) is 4.79 Å². The van der Waals surface area contributed by atoms with Gasteiger partial charge in [-0.25, -0.2) is 4.79 Å². The molecular formula is C23H36N4O5. The number of ether oxygens (including phenoxy) is 1. The molecule has 0 aliphatic rings. The summed E-state index contributed by atoms with van der Waals surface area (Å²) in [5.74, 6) is -1.50. The highest BCUT2D eigenvalue weighted by molar-refractivity contribution is 5.92. The van der Waals surface area contributed by atoms with Gasteiger partial charge in [-0.1, -0.05) is 24.3 Å². The highest BCUT2D eigenvalue weighted by atomic mass is 16.6. The Kier molecular flexibility index (Phi) is 9.68. The van der Waals surface area contributed by atoms with Crippen LogP contribution in [0.15, 0.2) is 24.3 Å². The van der Waals surface area contributed by atoms with Crippen molar-refractivity contribution in [2.45, 2.75) is 78.1 Å². The van der Waals surface area contributed by atoms with Gasteiger partial charge in [0.2, 0.25) is 17.7 Å². The third-order valence-corrected chi connectivity index (χ3v) is 4.57. The van der Waals surface area contributed by atoms with Crippen LogP contribution < -0.4 is 16.4 Å². The van der Waals surface area contributed by atoms with E-state index in [0.29, 0.717) is 5.56 Å². The molecule has 0 fully saturated rings. The number of hydrogen-bond acceptors (Lipinski definition) is 5. The van der Waals surface area contributed by atoms with Crippen LogP contribution >= 0.6 is 0 Å². The van der Waals surface area contributed by atoms with Crippen molar-refractivity contribution in [3.63, 3.8) is 0 Å². The van der Waals surface area contributed by atoms with Crippen molar-refractivity contribution in [3.05, 3.63) is 35.4 Å². The first kappa shape index (κ1) is 26.9. The summed E-state index contributed by atoms with van der Waals surface area (Å²) in [7, 11) is 1.49. The molecule has 9 nitrogen and oxygen atoms in total. The first-order valence-corrected chi connectivity index (χ1v) is 10.6. The maximum Gasteiger partial charge on any atom is 0.408 e. The number of alkyl carbamates (subject to hydrolysis) is 1. The second kappa shape index (κ2) is 11.5. The fourth-order valence-corrected chi connectivity index (χ4v) is 3.15. The van der Waals surface area contributed by atoms with Crippen LogP contribution in [0.5, 0.6) is 0 Å². The van der Waals surface area contributed by atoms with E-state index in [1.807, 2.05) is 32.9 Å². The van der Waals surface area contributed by atoms with E-state index >= 15 is 0 Å². The van der Waals surface area contributed by atoms with Gasteiger partial charge >= 0.3 is 6.09 Å². The fourth-order valence-electron chi connectivity index (χ4n) is 3.15. The first-order chi connectivity index (χ1) is 14.7. The quantitative estimate of drug-likeness (QED) is 0.533. The summed E-state index contributed by atoms with van der Waals surface area (Å²) in [6.45, 7) is 10.6. The number of carbonyl (C=O) groups is 4. The topological polar surface area (TPSA) is 131 Å². The zero-order chi connectivity index (χ0) is 24.6. The number of nitrogens with zero attached hydrogens (tertiary/aromatic N) is 1. The molecule has 0 aromatic heterocycles. The van der Waals surface area contributed by atoms with Crippen molar-refractivity contribution in [2.24, 2.45) is 5.73 Å². The van der Waals surface area contributed by atoms with Crippen LogP contribution in [0.2, 0.25) is 0 Å². The summed E-state index contributed by atoms with van der Waals surface area (Å²) in [5.41, 5.74) is 5.98. The molecule has 4 amide bonds. The van der Waals surface area contributed by atoms with Gasteiger partial charge in [0.15, 0.2) is 0 Å². The zero-order valence-electron chi connectivity index (χ0n) is 20.0. The third-order valence-electron chi connectivity index (χ3n) is 4.57. The summed E-state index contributed by atoms with van der Waals surface area (Å²) in [5, 5.41) is 5.36. The van der Waals surface area contributed by atoms with Gasteiger partial charge in [0.1, 0.15) is 17.7 Å². The second-order valence-corrected chi connectivity index (χ2v) is 9.08. The fraction of sp³-hybridized carbons (Fsp3) is 0.565. The molecule has 2 unspecified atom stereocenters. The number of nitrogens with one attached hydrogen (secondary N) is 2. The van der Waals surface area contributed by atoms with E-state index in [0.717, 1.165) is 5.56 Å². The molecule has 0 aliphatic carbocycles. The van der Waals surface area contributed by atoms with E-state index in [1.54, 1.807) is 32.9 Å². The normalized spacial score (nSPS) is 13.1. The Morgan fingerprint density at radius 3 is 2.19 bits per heavy atom. The van der Waals surface area contributed by atoms with Gasteiger partial charge in [-0.3, -0.25) is 14.4 Å². The molecule has 1 aromatic rings. The van der Waals surface area contributed by atoms with Gasteiger partial charge in [-0.15, -0.1) is 0 Å². The largest absolute Gasteiger partial charge is 0.444 e. The summed E-state index contributed by atoms with van der Waals surface area (Å²) in [6.07, 6.45) is -0.940. The van der Waals surface area contributed by atoms with Crippen LogP contribution in [0.3, 0.4) is 0 Å². The lowest BCUT2D eigenvalue weighted by Crippen LogP contribution is -2.52. The van der Waals surface area contributed by atoms with E-state index < -0.39 is 35.6 Å². The Labute approximate surface area is 190 Å². The average molecular weight is 449 g/mol. The molecule has 178 valence electrons. The predicted molar refractivity (Wildman–Crippen MR) is 122 cm³/mol. The Bertz CT molecular complexity index is 832. The highest BCUT2D eigenvalue weighted by Gasteiger charge is 2.34. The monoisotopic (exact) mass is 448 g/mol. The number of hydrogen-bond donors (Lipinski definition) is 3. The second-order valence-electron chi connectivity index (χ2n) is 9.08. The SMILES string of the molecule is Cc1ccccc1C(C(=O)NC(C)C)N(C)C(=O)C(CCC(N)=O)NC(=O)OC(C)(C)C. The predicted octanol–water partition coefficient (Wildman–Crippen LogP) is 2.18.